The minimum absolute atomic E-state index is 0.139. The lowest BCUT2D eigenvalue weighted by atomic mass is 10.2. The molecule has 6 aromatic carbocycles. The van der Waals surface area contributed by atoms with Crippen LogP contribution in [-0.4, -0.2) is 75.7 Å². The van der Waals surface area contributed by atoms with Gasteiger partial charge in [0.05, 0.1) is 36.4 Å². The first-order valence-corrected chi connectivity index (χ1v) is 22.7. The summed E-state index contributed by atoms with van der Waals surface area (Å²) in [6.45, 7) is 7.58. The Kier molecular flexibility index (Phi) is 18.9. The van der Waals surface area contributed by atoms with Gasteiger partial charge in [0.1, 0.15) is 34.5 Å². The molecule has 68 heavy (non-hydrogen) atoms. The zero-order valence-corrected chi connectivity index (χ0v) is 38.6. The number of hydrogen-bond acceptors (Lipinski definition) is 15. The lowest BCUT2D eigenvalue weighted by Crippen LogP contribution is -2.37. The summed E-state index contributed by atoms with van der Waals surface area (Å²) in [5, 5.41) is 46.3. The first-order chi connectivity index (χ1) is 32.7. The standard InChI is InChI=1S/C19H21N2O4P.C18H16N2O4.C14H12N2O2/c1-12(22)21-19(14-8-4-6-10-16(14)24)26(3)18(20-21)15-9-5-7-11-17(15)25-13(2)23;1-13(21)23-17-9-5-3-7-15(17)11-19-20-12-16-8-4-6-10-18(16)24-14(2)22;17-13-7-3-1-5-11(13)9-15-16-10-12-6-2-4-8-14(12)18/h4-11,18-20,24H,1-3H3;3-12H,1-2H3;1-10,17-18H/b;19-11+,20-12+;15-9+,16-10+/t18-,19-,26?;;/m0../s1. The van der Waals surface area contributed by atoms with Crippen molar-refractivity contribution in [1.29, 1.82) is 0 Å². The second-order valence-electron chi connectivity index (χ2n) is 14.5. The van der Waals surface area contributed by atoms with E-state index < -0.39 is 25.8 Å². The highest BCUT2D eigenvalue weighted by Crippen LogP contribution is 2.65. The molecular formula is C51H49N6O10P. The van der Waals surface area contributed by atoms with Crippen LogP contribution in [0.25, 0.3) is 0 Å². The van der Waals surface area contributed by atoms with Crippen LogP contribution in [0.3, 0.4) is 0 Å². The fourth-order valence-electron chi connectivity index (χ4n) is 6.43. The SMILES string of the molecule is CC(=O)Oc1ccccc1/C=N/N=C/c1ccccc1OC(C)=O.CC(=O)Oc1ccccc1[C@H]1NN(C(C)=O)[C@H](c2ccccc2O)P1C.Oc1ccccc1/C=N/N=C/c1ccccc1O. The number of para-hydroxylation sites is 6. The lowest BCUT2D eigenvalue weighted by molar-refractivity contribution is -0.133. The molecule has 0 radical (unpaired) electrons. The molecule has 6 aromatic rings. The average Bonchev–Trinajstić information content (AvgIpc) is 3.65. The summed E-state index contributed by atoms with van der Waals surface area (Å²) in [6, 6.07) is 42.0. The lowest BCUT2D eigenvalue weighted by Gasteiger charge is -2.25. The Hall–Kier alpha value is -8.33. The third-order valence-corrected chi connectivity index (χ3v) is 11.9. The first kappa shape index (κ1) is 50.7. The highest BCUT2D eigenvalue weighted by atomic mass is 31.1. The van der Waals surface area contributed by atoms with Gasteiger partial charge in [-0.1, -0.05) is 92.9 Å². The van der Waals surface area contributed by atoms with Crippen molar-refractivity contribution in [2.75, 3.05) is 6.66 Å². The monoisotopic (exact) mass is 936 g/mol. The van der Waals surface area contributed by atoms with Crippen molar-refractivity contribution in [3.05, 3.63) is 179 Å². The van der Waals surface area contributed by atoms with Gasteiger partial charge in [-0.25, -0.2) is 5.43 Å². The molecule has 3 atom stereocenters. The summed E-state index contributed by atoms with van der Waals surface area (Å²) in [5.74, 6) is -0.0530. The molecule has 0 aromatic heterocycles. The molecule has 7 rings (SSSR count). The van der Waals surface area contributed by atoms with Crippen molar-refractivity contribution in [3.8, 4) is 34.5 Å². The van der Waals surface area contributed by atoms with Crippen LogP contribution < -0.4 is 19.6 Å². The summed E-state index contributed by atoms with van der Waals surface area (Å²) in [4.78, 5) is 45.8. The minimum Gasteiger partial charge on any atom is -0.508 e. The predicted octanol–water partition coefficient (Wildman–Crippen LogP) is 9.03. The molecule has 1 unspecified atom stereocenters. The van der Waals surface area contributed by atoms with E-state index in [1.165, 1.54) is 52.6 Å². The average molecular weight is 937 g/mol. The summed E-state index contributed by atoms with van der Waals surface area (Å²) in [6.07, 6.45) is 5.85. The molecule has 1 aliphatic rings. The highest BCUT2D eigenvalue weighted by molar-refractivity contribution is 7.57. The van der Waals surface area contributed by atoms with Crippen LogP contribution in [-0.2, 0) is 19.2 Å². The highest BCUT2D eigenvalue weighted by Gasteiger charge is 2.43. The largest absolute Gasteiger partial charge is 0.508 e. The van der Waals surface area contributed by atoms with Crippen molar-refractivity contribution >= 4 is 56.6 Å². The number of aromatic hydroxyl groups is 3. The van der Waals surface area contributed by atoms with Gasteiger partial charge in [-0.05, 0) is 67.3 Å². The number of nitrogens with one attached hydrogen (secondary N) is 1. The second kappa shape index (κ2) is 25.4. The number of benzene rings is 6. The minimum atomic E-state index is -0.831. The van der Waals surface area contributed by atoms with E-state index in [9.17, 15) is 34.5 Å². The second-order valence-corrected chi connectivity index (χ2v) is 16.8. The molecule has 1 heterocycles. The Morgan fingerprint density at radius 1 is 0.485 bits per heavy atom. The number of ether oxygens (including phenoxy) is 3. The Morgan fingerprint density at radius 2 is 0.824 bits per heavy atom. The molecular weight excluding hydrogens is 888 g/mol. The molecule has 0 saturated carbocycles. The van der Waals surface area contributed by atoms with E-state index in [0.29, 0.717) is 45.1 Å². The fraction of sp³-hybridized carbons (Fsp3) is 0.137. The molecule has 1 amide bonds. The Labute approximate surface area is 394 Å². The van der Waals surface area contributed by atoms with Crippen LogP contribution in [0.2, 0.25) is 0 Å². The zero-order valence-electron chi connectivity index (χ0n) is 37.7. The number of hydrazine groups is 1. The Morgan fingerprint density at radius 3 is 1.24 bits per heavy atom. The van der Waals surface area contributed by atoms with Gasteiger partial charge in [0.2, 0.25) is 5.91 Å². The van der Waals surface area contributed by atoms with Crippen LogP contribution in [0.5, 0.6) is 34.5 Å². The summed E-state index contributed by atoms with van der Waals surface area (Å²) in [5.41, 5.74) is 7.21. The number of esters is 3. The smallest absolute Gasteiger partial charge is 0.308 e. The van der Waals surface area contributed by atoms with Gasteiger partial charge in [0.25, 0.3) is 0 Å². The normalized spacial score (nSPS) is 15.4. The number of hydrogen-bond donors (Lipinski definition) is 4. The maximum atomic E-state index is 12.2. The number of carbonyl (C=O) groups excluding carboxylic acids is 4. The Bertz CT molecular complexity index is 2710. The molecule has 0 bridgehead atoms. The number of nitrogens with zero attached hydrogens (tertiary/aromatic N) is 5. The molecule has 1 fully saturated rings. The van der Waals surface area contributed by atoms with Crippen LogP contribution in [0.4, 0.5) is 0 Å². The number of phenols is 3. The fourth-order valence-corrected chi connectivity index (χ4v) is 8.92. The molecule has 1 aliphatic heterocycles. The van der Waals surface area contributed by atoms with E-state index in [-0.39, 0.29) is 34.7 Å². The number of amides is 1. The summed E-state index contributed by atoms with van der Waals surface area (Å²) in [7, 11) is -0.831. The van der Waals surface area contributed by atoms with Gasteiger partial charge in [-0.3, -0.25) is 24.2 Å². The predicted molar refractivity (Wildman–Crippen MR) is 262 cm³/mol. The molecule has 348 valence electrons. The van der Waals surface area contributed by atoms with Crippen LogP contribution in [0.15, 0.2) is 166 Å². The van der Waals surface area contributed by atoms with Crippen LogP contribution in [0, 0.1) is 0 Å². The molecule has 1 saturated heterocycles. The van der Waals surface area contributed by atoms with Gasteiger partial charge in [-0.2, -0.15) is 20.4 Å². The van der Waals surface area contributed by atoms with Gasteiger partial charge in [0.15, 0.2) is 0 Å². The first-order valence-electron chi connectivity index (χ1n) is 20.8. The van der Waals surface area contributed by atoms with Gasteiger partial charge in [-0.15, -0.1) is 0 Å². The van der Waals surface area contributed by atoms with Crippen molar-refractivity contribution in [3.63, 3.8) is 0 Å². The van der Waals surface area contributed by atoms with Crippen molar-refractivity contribution in [1.82, 2.24) is 10.4 Å². The van der Waals surface area contributed by atoms with Gasteiger partial charge >= 0.3 is 17.9 Å². The van der Waals surface area contributed by atoms with Crippen LogP contribution >= 0.6 is 7.92 Å². The maximum absolute atomic E-state index is 12.2. The Balaban J connectivity index is 0.000000194. The van der Waals surface area contributed by atoms with E-state index in [1.54, 1.807) is 126 Å². The maximum Gasteiger partial charge on any atom is 0.308 e. The molecule has 17 heteroatoms. The van der Waals surface area contributed by atoms with E-state index in [2.05, 4.69) is 32.5 Å². The van der Waals surface area contributed by atoms with E-state index in [0.717, 1.165) is 5.56 Å². The number of phenolic OH excluding ortho intramolecular Hbond substituents is 3. The topological polar surface area (TPSA) is 221 Å². The summed E-state index contributed by atoms with van der Waals surface area (Å²) >= 11 is 0. The molecule has 0 spiro atoms. The quantitative estimate of drug-likeness (QED) is 0.0315. The van der Waals surface area contributed by atoms with Crippen molar-refractivity contribution in [2.24, 2.45) is 20.4 Å². The van der Waals surface area contributed by atoms with Crippen LogP contribution in [0.1, 0.15) is 72.6 Å². The molecule has 16 nitrogen and oxygen atoms in total. The number of rotatable bonds is 11. The zero-order chi connectivity index (χ0) is 49.0. The van der Waals surface area contributed by atoms with Gasteiger partial charge < -0.3 is 29.5 Å². The van der Waals surface area contributed by atoms with E-state index in [1.807, 2.05) is 24.3 Å². The third-order valence-electron chi connectivity index (χ3n) is 9.46. The van der Waals surface area contributed by atoms with Crippen molar-refractivity contribution < 1.29 is 48.7 Å². The molecule has 4 N–H and O–H groups in total. The third kappa shape index (κ3) is 14.9. The van der Waals surface area contributed by atoms with Gasteiger partial charge in [0, 0.05) is 61.1 Å². The molecule has 0 aliphatic carbocycles. The summed E-state index contributed by atoms with van der Waals surface area (Å²) < 4.78 is 15.5. The van der Waals surface area contributed by atoms with E-state index in [4.69, 9.17) is 14.2 Å². The van der Waals surface area contributed by atoms with E-state index >= 15 is 0 Å². The number of carbonyl (C=O) groups is 4. The van der Waals surface area contributed by atoms with Crippen molar-refractivity contribution in [2.45, 2.75) is 39.3 Å².